The Labute approximate surface area is 246 Å². The molecule has 0 bridgehead atoms. The molecule has 0 radical (unpaired) electrons. The Hall–Kier alpha value is -2.74. The zero-order chi connectivity index (χ0) is 29.1. The largest absolute Gasteiger partial charge is 0.382 e. The summed E-state index contributed by atoms with van der Waals surface area (Å²) in [6, 6.07) is 18.5. The number of benzene rings is 2. The van der Waals surface area contributed by atoms with Crippen molar-refractivity contribution < 1.29 is 0 Å². The molecule has 2 aromatic carbocycles. The van der Waals surface area contributed by atoms with Crippen molar-refractivity contribution in [2.45, 2.75) is 102 Å². The number of rotatable bonds is 9. The number of hydrogen-bond acceptors (Lipinski definition) is 6. The molecule has 41 heavy (non-hydrogen) atoms. The van der Waals surface area contributed by atoms with Gasteiger partial charge in [-0.25, -0.2) is 4.98 Å². The summed E-state index contributed by atoms with van der Waals surface area (Å²) in [4.78, 5) is 24.0. The summed E-state index contributed by atoms with van der Waals surface area (Å²) in [5, 5.41) is 8.13. The molecule has 1 aliphatic heterocycles. The van der Waals surface area contributed by atoms with Crippen LogP contribution in [-0.2, 0) is 12.1 Å². The molecule has 1 aromatic heterocycles. The lowest BCUT2D eigenvalue weighted by Crippen LogP contribution is -2.55. The minimum atomic E-state index is 0.0764. The molecule has 1 saturated heterocycles. The molecule has 2 heterocycles. The molecular weight excluding hydrogens is 508 g/mol. The van der Waals surface area contributed by atoms with E-state index < -0.39 is 0 Å². The van der Waals surface area contributed by atoms with Crippen molar-refractivity contribution >= 4 is 16.6 Å². The van der Waals surface area contributed by atoms with E-state index in [0.717, 1.165) is 68.6 Å². The summed E-state index contributed by atoms with van der Waals surface area (Å²) in [5.41, 5.74) is 3.38. The first-order valence-corrected chi connectivity index (χ1v) is 15.8. The predicted octanol–water partition coefficient (Wildman–Crippen LogP) is 5.75. The average Bonchev–Trinajstić information content (AvgIpc) is 2.96. The summed E-state index contributed by atoms with van der Waals surface area (Å²) in [6.45, 7) is 11.3. The van der Waals surface area contributed by atoms with Crippen molar-refractivity contribution in [3.05, 3.63) is 70.3 Å². The molecule has 2 fully saturated rings. The van der Waals surface area contributed by atoms with Crippen LogP contribution in [0.25, 0.3) is 10.9 Å². The van der Waals surface area contributed by atoms with E-state index in [4.69, 9.17) is 4.98 Å². The van der Waals surface area contributed by atoms with Crippen LogP contribution >= 0.6 is 0 Å². The molecule has 0 spiro atoms. The number of anilines is 1. The number of nitrogens with one attached hydrogen (secondary N) is 2. The lowest BCUT2D eigenvalue weighted by molar-refractivity contribution is 0.0945. The van der Waals surface area contributed by atoms with Gasteiger partial charge in [0.05, 0.1) is 16.9 Å². The van der Waals surface area contributed by atoms with Crippen LogP contribution in [0.2, 0.25) is 0 Å². The van der Waals surface area contributed by atoms with Gasteiger partial charge in [-0.2, -0.15) is 0 Å². The van der Waals surface area contributed by atoms with Gasteiger partial charge in [-0.05, 0) is 90.7 Å². The maximum absolute atomic E-state index is 13.9. The van der Waals surface area contributed by atoms with E-state index in [1.54, 1.807) is 0 Å². The van der Waals surface area contributed by atoms with Crippen molar-refractivity contribution in [3.63, 3.8) is 0 Å². The highest BCUT2D eigenvalue weighted by Crippen LogP contribution is 2.41. The predicted molar refractivity (Wildman–Crippen MR) is 171 cm³/mol. The second-order valence-electron chi connectivity index (χ2n) is 12.7. The first kappa shape index (κ1) is 29.7. The molecule has 0 amide bonds. The number of nitrogens with zero attached hydrogens (tertiary/aromatic N) is 4. The van der Waals surface area contributed by atoms with Gasteiger partial charge in [0.2, 0.25) is 0 Å². The fourth-order valence-corrected chi connectivity index (χ4v) is 7.48. The van der Waals surface area contributed by atoms with Gasteiger partial charge in [-0.1, -0.05) is 43.7 Å². The van der Waals surface area contributed by atoms with Gasteiger partial charge < -0.3 is 10.6 Å². The Kier molecular flexibility index (Phi) is 9.17. The summed E-state index contributed by atoms with van der Waals surface area (Å²) < 4.78 is 1.93. The maximum Gasteiger partial charge on any atom is 0.261 e. The molecule has 222 valence electrons. The Morgan fingerprint density at radius 3 is 2.34 bits per heavy atom. The van der Waals surface area contributed by atoms with Crippen LogP contribution < -0.4 is 16.2 Å². The molecule has 7 nitrogen and oxygen atoms in total. The van der Waals surface area contributed by atoms with Crippen LogP contribution in [0.5, 0.6) is 0 Å². The van der Waals surface area contributed by atoms with Crippen LogP contribution in [0.1, 0.15) is 83.6 Å². The third-order valence-electron chi connectivity index (χ3n) is 9.54. The monoisotopic (exact) mass is 558 g/mol. The Balaban J connectivity index is 1.38. The van der Waals surface area contributed by atoms with E-state index >= 15 is 0 Å². The molecule has 2 N–H and O–H groups in total. The van der Waals surface area contributed by atoms with Gasteiger partial charge >= 0.3 is 0 Å². The maximum atomic E-state index is 13.9. The van der Waals surface area contributed by atoms with E-state index in [9.17, 15) is 4.79 Å². The first-order valence-electron chi connectivity index (χ1n) is 15.8. The highest BCUT2D eigenvalue weighted by atomic mass is 16.1. The number of piperazine rings is 1. The Morgan fingerprint density at radius 1 is 1.05 bits per heavy atom. The second kappa shape index (κ2) is 12.6. The summed E-state index contributed by atoms with van der Waals surface area (Å²) in [5.74, 6) is 0.919. The quantitative estimate of drug-likeness (QED) is 0.349. The van der Waals surface area contributed by atoms with Gasteiger partial charge in [0.1, 0.15) is 5.82 Å². The fourth-order valence-electron chi connectivity index (χ4n) is 7.48. The van der Waals surface area contributed by atoms with E-state index in [1.807, 2.05) is 16.7 Å². The van der Waals surface area contributed by atoms with Gasteiger partial charge in [0, 0.05) is 49.0 Å². The van der Waals surface area contributed by atoms with Crippen LogP contribution in [0.15, 0.2) is 53.3 Å². The van der Waals surface area contributed by atoms with Crippen molar-refractivity contribution in [2.24, 2.45) is 0 Å². The molecule has 1 aliphatic carbocycles. The second-order valence-corrected chi connectivity index (χ2v) is 12.7. The number of aromatic nitrogens is 2. The smallest absolute Gasteiger partial charge is 0.261 e. The normalized spacial score (nSPS) is 26.4. The van der Waals surface area contributed by atoms with Crippen LogP contribution in [0.4, 0.5) is 5.69 Å². The lowest BCUT2D eigenvalue weighted by atomic mass is 9.74. The number of fused-ring (bicyclic) bond motifs is 1. The van der Waals surface area contributed by atoms with Crippen LogP contribution in [-0.4, -0.2) is 64.7 Å². The SMILES string of the molecule is CCC[C@H](c1nc2ccc(NC3CCC(c4ccccc4)(N(C)C)CC3)cc2c(=O)n1CC)N1C[C@@H](C)N[C@@H](C)C1. The summed E-state index contributed by atoms with van der Waals surface area (Å²) >= 11 is 0. The molecule has 1 saturated carbocycles. The topological polar surface area (TPSA) is 65.4 Å². The van der Waals surface area contributed by atoms with E-state index in [1.165, 1.54) is 5.56 Å². The van der Waals surface area contributed by atoms with Gasteiger partial charge in [0.15, 0.2) is 0 Å². The third-order valence-corrected chi connectivity index (χ3v) is 9.54. The fraction of sp³-hybridized carbons (Fsp3) is 0.588. The van der Waals surface area contributed by atoms with E-state index in [-0.39, 0.29) is 17.1 Å². The minimum Gasteiger partial charge on any atom is -0.382 e. The molecule has 3 aromatic rings. The lowest BCUT2D eigenvalue weighted by Gasteiger charge is -2.46. The van der Waals surface area contributed by atoms with Crippen molar-refractivity contribution in [3.8, 4) is 0 Å². The summed E-state index contributed by atoms with van der Waals surface area (Å²) in [6.07, 6.45) is 6.42. The molecule has 5 rings (SSSR count). The van der Waals surface area contributed by atoms with Gasteiger partial charge in [-0.15, -0.1) is 0 Å². The third kappa shape index (κ3) is 6.08. The van der Waals surface area contributed by atoms with Crippen molar-refractivity contribution in [2.75, 3.05) is 32.5 Å². The molecule has 0 unspecified atom stereocenters. The zero-order valence-corrected chi connectivity index (χ0v) is 26.0. The van der Waals surface area contributed by atoms with E-state index in [0.29, 0.717) is 30.1 Å². The highest BCUT2D eigenvalue weighted by molar-refractivity contribution is 5.81. The Morgan fingerprint density at radius 2 is 1.73 bits per heavy atom. The van der Waals surface area contributed by atoms with Crippen molar-refractivity contribution in [1.29, 1.82) is 0 Å². The van der Waals surface area contributed by atoms with Gasteiger partial charge in [-0.3, -0.25) is 19.2 Å². The highest BCUT2D eigenvalue weighted by Gasteiger charge is 2.38. The first-order chi connectivity index (χ1) is 19.8. The van der Waals surface area contributed by atoms with Crippen LogP contribution in [0, 0.1) is 0 Å². The van der Waals surface area contributed by atoms with Crippen LogP contribution in [0.3, 0.4) is 0 Å². The minimum absolute atomic E-state index is 0.0764. The molecular formula is C34H50N6O. The van der Waals surface area contributed by atoms with E-state index in [2.05, 4.69) is 98.6 Å². The molecule has 3 atom stereocenters. The molecule has 2 aliphatic rings. The standard InChI is InChI=1S/C34H50N6O/c1-7-12-31(39-22-24(3)35-25(4)23-39)32-37-30-16-15-28(21-29(30)33(41)40(32)8-2)36-27-17-19-34(20-18-27,38(5)6)26-13-10-9-11-14-26/h9-11,13-16,21,24-25,27,31,35-36H,7-8,12,17-20,22-23H2,1-6H3/t24-,25+,27?,31-,34?/m1/s1. The summed E-state index contributed by atoms with van der Waals surface area (Å²) in [7, 11) is 4.41. The molecule has 7 heteroatoms. The average molecular weight is 559 g/mol. The number of hydrogen-bond donors (Lipinski definition) is 2. The Bertz CT molecular complexity index is 1350. The zero-order valence-electron chi connectivity index (χ0n) is 26.0. The van der Waals surface area contributed by atoms with Crippen molar-refractivity contribution in [1.82, 2.24) is 24.7 Å². The van der Waals surface area contributed by atoms with Gasteiger partial charge in [0.25, 0.3) is 5.56 Å².